The van der Waals surface area contributed by atoms with E-state index in [9.17, 15) is 8.42 Å². The van der Waals surface area contributed by atoms with Crippen molar-refractivity contribution in [2.45, 2.75) is 43.5 Å². The Kier molecular flexibility index (Phi) is 8.37. The van der Waals surface area contributed by atoms with E-state index < -0.39 is 9.84 Å². The van der Waals surface area contributed by atoms with E-state index in [1.54, 1.807) is 12.1 Å². The molecule has 0 heterocycles. The van der Waals surface area contributed by atoms with Crippen molar-refractivity contribution in [3.8, 4) is 0 Å². The Bertz CT molecular complexity index is 498. The van der Waals surface area contributed by atoms with E-state index in [1.807, 2.05) is 23.9 Å². The third kappa shape index (κ3) is 7.34. The third-order valence-corrected chi connectivity index (χ3v) is 5.36. The first-order chi connectivity index (χ1) is 9.95. The number of sulfone groups is 1. The van der Waals surface area contributed by atoms with Crippen LogP contribution >= 0.6 is 11.8 Å². The van der Waals surface area contributed by atoms with Crippen molar-refractivity contribution in [1.29, 1.82) is 0 Å². The number of nitrogens with one attached hydrogen (secondary N) is 1. The van der Waals surface area contributed by atoms with Gasteiger partial charge in [-0.2, -0.15) is 11.8 Å². The topological polar surface area (TPSA) is 46.2 Å². The predicted octanol–water partition coefficient (Wildman–Crippen LogP) is 3.66. The minimum atomic E-state index is -3.10. The summed E-state index contributed by atoms with van der Waals surface area (Å²) in [6, 6.07) is 7.42. The summed E-state index contributed by atoms with van der Waals surface area (Å²) in [4.78, 5) is 0.382. The van der Waals surface area contributed by atoms with E-state index >= 15 is 0 Å². The standard InChI is InChI=1S/C16H27NO2S2/c1-14(17-12-6-4-5-7-13-20-2)15-8-10-16(11-9-15)21(3,18)19/h8-11,14,17H,4-7,12-13H2,1-3H3. The minimum Gasteiger partial charge on any atom is -0.310 e. The van der Waals surface area contributed by atoms with E-state index in [0.29, 0.717) is 4.90 Å². The number of unbranched alkanes of at least 4 members (excludes halogenated alkanes) is 3. The molecule has 1 aromatic carbocycles. The van der Waals surface area contributed by atoms with Gasteiger partial charge in [0.2, 0.25) is 0 Å². The molecule has 0 aliphatic carbocycles. The van der Waals surface area contributed by atoms with Gasteiger partial charge in [0.1, 0.15) is 0 Å². The van der Waals surface area contributed by atoms with Crippen LogP contribution in [-0.4, -0.2) is 33.2 Å². The third-order valence-electron chi connectivity index (χ3n) is 3.53. The van der Waals surface area contributed by atoms with E-state index in [0.717, 1.165) is 12.1 Å². The molecule has 0 saturated heterocycles. The molecule has 120 valence electrons. The van der Waals surface area contributed by atoms with Gasteiger partial charge in [-0.05, 0) is 56.0 Å². The molecule has 0 aliphatic heterocycles. The highest BCUT2D eigenvalue weighted by Crippen LogP contribution is 2.16. The quantitative estimate of drug-likeness (QED) is 0.665. The van der Waals surface area contributed by atoms with Crippen LogP contribution in [0.4, 0.5) is 0 Å². The fraction of sp³-hybridized carbons (Fsp3) is 0.625. The summed E-state index contributed by atoms with van der Waals surface area (Å²) in [6.45, 7) is 3.12. The summed E-state index contributed by atoms with van der Waals surface area (Å²) in [5.41, 5.74) is 1.13. The Hall–Kier alpha value is -0.520. The van der Waals surface area contributed by atoms with Crippen molar-refractivity contribution in [2.75, 3.05) is 24.8 Å². The number of rotatable bonds is 10. The Morgan fingerprint density at radius 3 is 2.29 bits per heavy atom. The summed E-state index contributed by atoms with van der Waals surface area (Å²) in [6.07, 6.45) is 8.47. The molecule has 5 heteroatoms. The lowest BCUT2D eigenvalue weighted by molar-refractivity contribution is 0.537. The van der Waals surface area contributed by atoms with Gasteiger partial charge in [-0.1, -0.05) is 25.0 Å². The van der Waals surface area contributed by atoms with Crippen LogP contribution in [0, 0.1) is 0 Å². The summed E-state index contributed by atoms with van der Waals surface area (Å²) in [5.74, 6) is 1.26. The van der Waals surface area contributed by atoms with E-state index in [4.69, 9.17) is 0 Å². The van der Waals surface area contributed by atoms with Gasteiger partial charge >= 0.3 is 0 Å². The summed E-state index contributed by atoms with van der Waals surface area (Å²) >= 11 is 1.91. The van der Waals surface area contributed by atoms with Gasteiger partial charge in [-0.15, -0.1) is 0 Å². The predicted molar refractivity (Wildman–Crippen MR) is 92.8 cm³/mol. The second-order valence-corrected chi connectivity index (χ2v) is 8.43. The Labute approximate surface area is 133 Å². The Balaban J connectivity index is 2.31. The molecule has 0 aliphatic rings. The van der Waals surface area contributed by atoms with Crippen molar-refractivity contribution in [3.05, 3.63) is 29.8 Å². The maximum atomic E-state index is 11.4. The lowest BCUT2D eigenvalue weighted by atomic mass is 10.1. The van der Waals surface area contributed by atoms with Gasteiger partial charge in [0.05, 0.1) is 4.90 Å². The summed E-state index contributed by atoms with van der Waals surface area (Å²) < 4.78 is 22.8. The van der Waals surface area contributed by atoms with Crippen LogP contribution in [0.2, 0.25) is 0 Å². The highest BCUT2D eigenvalue weighted by Gasteiger charge is 2.08. The van der Waals surface area contributed by atoms with Crippen molar-refractivity contribution < 1.29 is 8.42 Å². The summed E-state index contributed by atoms with van der Waals surface area (Å²) in [7, 11) is -3.10. The highest BCUT2D eigenvalue weighted by atomic mass is 32.2. The van der Waals surface area contributed by atoms with Crippen LogP contribution in [0.15, 0.2) is 29.2 Å². The lowest BCUT2D eigenvalue weighted by Crippen LogP contribution is -2.19. The number of benzene rings is 1. The molecule has 0 spiro atoms. The maximum Gasteiger partial charge on any atom is 0.175 e. The van der Waals surface area contributed by atoms with Gasteiger partial charge in [0.25, 0.3) is 0 Å². The zero-order chi connectivity index (χ0) is 15.7. The highest BCUT2D eigenvalue weighted by molar-refractivity contribution is 7.98. The fourth-order valence-corrected chi connectivity index (χ4v) is 3.29. The van der Waals surface area contributed by atoms with Crippen molar-refractivity contribution >= 4 is 21.6 Å². The molecule has 0 amide bonds. The number of hydrogen-bond acceptors (Lipinski definition) is 4. The first-order valence-electron chi connectivity index (χ1n) is 7.47. The lowest BCUT2D eigenvalue weighted by Gasteiger charge is -2.14. The molecule has 1 rings (SSSR count). The molecule has 0 bridgehead atoms. The fourth-order valence-electron chi connectivity index (χ4n) is 2.17. The van der Waals surface area contributed by atoms with Crippen molar-refractivity contribution in [1.82, 2.24) is 5.32 Å². The molecular formula is C16H27NO2S2. The average Bonchev–Trinajstić information content (AvgIpc) is 2.45. The van der Waals surface area contributed by atoms with Crippen LogP contribution in [-0.2, 0) is 9.84 Å². The molecule has 1 aromatic rings. The smallest absolute Gasteiger partial charge is 0.175 e. The van der Waals surface area contributed by atoms with E-state index in [2.05, 4.69) is 18.5 Å². The van der Waals surface area contributed by atoms with Gasteiger partial charge < -0.3 is 5.32 Å². The van der Waals surface area contributed by atoms with Crippen LogP contribution in [0.25, 0.3) is 0 Å². The van der Waals surface area contributed by atoms with E-state index in [-0.39, 0.29) is 6.04 Å². The number of thioether (sulfide) groups is 1. The normalized spacial score (nSPS) is 13.3. The molecule has 0 fully saturated rings. The van der Waals surface area contributed by atoms with Gasteiger partial charge in [0, 0.05) is 12.3 Å². The largest absolute Gasteiger partial charge is 0.310 e. The summed E-state index contributed by atoms with van der Waals surface area (Å²) in [5, 5.41) is 3.49. The molecule has 0 aromatic heterocycles. The first-order valence-corrected chi connectivity index (χ1v) is 10.8. The molecule has 0 saturated carbocycles. The van der Waals surface area contributed by atoms with Gasteiger partial charge in [0.15, 0.2) is 9.84 Å². The zero-order valence-electron chi connectivity index (χ0n) is 13.3. The molecular weight excluding hydrogens is 302 g/mol. The SMILES string of the molecule is CSCCCCCCNC(C)c1ccc(S(C)(=O)=O)cc1. The number of hydrogen-bond donors (Lipinski definition) is 1. The van der Waals surface area contributed by atoms with Crippen LogP contribution in [0.5, 0.6) is 0 Å². The minimum absolute atomic E-state index is 0.254. The Morgan fingerprint density at radius 2 is 1.71 bits per heavy atom. The molecule has 21 heavy (non-hydrogen) atoms. The second-order valence-electron chi connectivity index (χ2n) is 5.42. The van der Waals surface area contributed by atoms with Gasteiger partial charge in [-0.3, -0.25) is 0 Å². The van der Waals surface area contributed by atoms with Gasteiger partial charge in [-0.25, -0.2) is 8.42 Å². The maximum absolute atomic E-state index is 11.4. The monoisotopic (exact) mass is 329 g/mol. The second kappa shape index (κ2) is 9.49. The van der Waals surface area contributed by atoms with Crippen LogP contribution < -0.4 is 5.32 Å². The Morgan fingerprint density at radius 1 is 1.10 bits per heavy atom. The molecule has 3 nitrogen and oxygen atoms in total. The molecule has 0 radical (unpaired) electrons. The van der Waals surface area contributed by atoms with Crippen LogP contribution in [0.1, 0.15) is 44.2 Å². The zero-order valence-corrected chi connectivity index (χ0v) is 14.9. The van der Waals surface area contributed by atoms with Crippen LogP contribution in [0.3, 0.4) is 0 Å². The van der Waals surface area contributed by atoms with Crippen molar-refractivity contribution in [2.24, 2.45) is 0 Å². The van der Waals surface area contributed by atoms with Crippen molar-refractivity contribution in [3.63, 3.8) is 0 Å². The molecule has 1 atom stereocenters. The first kappa shape index (κ1) is 18.5. The molecule has 1 unspecified atom stereocenters. The molecule has 1 N–H and O–H groups in total. The van der Waals surface area contributed by atoms with E-state index in [1.165, 1.54) is 37.7 Å². The average molecular weight is 330 g/mol.